The molecule has 6 heteroatoms. The van der Waals surface area contributed by atoms with E-state index in [1.807, 2.05) is 19.1 Å². The minimum absolute atomic E-state index is 0.361. The summed E-state index contributed by atoms with van der Waals surface area (Å²) in [5.74, 6) is -0.537. The number of aryl methyl sites for hydroxylation is 2. The number of ether oxygens (including phenoxy) is 1. The molecule has 4 N–H and O–H groups in total. The number of amides is 2. The van der Waals surface area contributed by atoms with Crippen LogP contribution in [-0.2, 0) is 22.4 Å². The molecule has 25 heavy (non-hydrogen) atoms. The van der Waals surface area contributed by atoms with Crippen molar-refractivity contribution < 1.29 is 14.3 Å². The third kappa shape index (κ3) is 3.34. The van der Waals surface area contributed by atoms with E-state index >= 15 is 0 Å². The molecule has 1 heterocycles. The first-order valence-corrected chi connectivity index (χ1v) is 8.51. The standard InChI is InChI=1S/C19H25N3O3/c1-11-5-6-12-13-10-19(16(20)23,22-17(24)25-18(2,3)4)8-7-14(13)21-15(12)9-11/h5-6,9,21H,7-8,10H2,1-4H3,(H2,20,23)(H,22,24)/t19-/m1/s1. The molecule has 0 saturated carbocycles. The van der Waals surface area contributed by atoms with Crippen molar-refractivity contribution in [3.8, 4) is 0 Å². The van der Waals surface area contributed by atoms with Gasteiger partial charge in [-0.25, -0.2) is 4.79 Å². The fraction of sp³-hybridized carbons (Fsp3) is 0.474. The van der Waals surface area contributed by atoms with Crippen LogP contribution in [0.25, 0.3) is 10.9 Å². The normalized spacial score (nSPS) is 20.2. The second kappa shape index (κ2) is 5.79. The number of carbonyl (C=O) groups excluding carboxylic acids is 2. The maximum Gasteiger partial charge on any atom is 0.408 e. The van der Waals surface area contributed by atoms with Gasteiger partial charge in [0.05, 0.1) is 0 Å². The molecule has 1 atom stereocenters. The third-order valence-electron chi connectivity index (χ3n) is 4.64. The molecule has 134 valence electrons. The van der Waals surface area contributed by atoms with Crippen LogP contribution in [0.2, 0.25) is 0 Å². The lowest BCUT2D eigenvalue weighted by Gasteiger charge is -2.35. The van der Waals surface area contributed by atoms with Crippen molar-refractivity contribution in [3.63, 3.8) is 0 Å². The van der Waals surface area contributed by atoms with Gasteiger partial charge in [-0.15, -0.1) is 0 Å². The van der Waals surface area contributed by atoms with Crippen LogP contribution in [0.4, 0.5) is 4.79 Å². The van der Waals surface area contributed by atoms with E-state index in [1.165, 1.54) is 5.56 Å². The molecule has 1 aliphatic carbocycles. The van der Waals surface area contributed by atoms with E-state index in [2.05, 4.69) is 16.4 Å². The number of alkyl carbamates (subject to hydrolysis) is 1. The van der Waals surface area contributed by atoms with E-state index in [-0.39, 0.29) is 0 Å². The summed E-state index contributed by atoms with van der Waals surface area (Å²) in [6.07, 6.45) is 0.827. The van der Waals surface area contributed by atoms with Gasteiger partial charge in [0.1, 0.15) is 11.1 Å². The Balaban J connectivity index is 1.94. The maximum absolute atomic E-state index is 12.2. The number of hydrogen-bond acceptors (Lipinski definition) is 3. The van der Waals surface area contributed by atoms with Crippen LogP contribution in [0.5, 0.6) is 0 Å². The number of primary amides is 1. The highest BCUT2D eigenvalue weighted by Crippen LogP contribution is 2.34. The molecule has 2 aromatic rings. The Morgan fingerprint density at radius 3 is 2.68 bits per heavy atom. The largest absolute Gasteiger partial charge is 0.444 e. The molecule has 2 amide bonds. The lowest BCUT2D eigenvalue weighted by molar-refractivity contribution is -0.125. The van der Waals surface area contributed by atoms with Gasteiger partial charge in [0.25, 0.3) is 0 Å². The summed E-state index contributed by atoms with van der Waals surface area (Å²) < 4.78 is 5.32. The second-order valence-corrected chi connectivity index (χ2v) is 7.88. The molecule has 1 aromatic carbocycles. The van der Waals surface area contributed by atoms with Crippen LogP contribution < -0.4 is 11.1 Å². The van der Waals surface area contributed by atoms with Gasteiger partial charge < -0.3 is 20.8 Å². The van der Waals surface area contributed by atoms with Gasteiger partial charge in [-0.05, 0) is 57.7 Å². The van der Waals surface area contributed by atoms with Gasteiger partial charge in [-0.2, -0.15) is 0 Å². The number of nitrogens with one attached hydrogen (secondary N) is 2. The van der Waals surface area contributed by atoms with Crippen molar-refractivity contribution >= 4 is 22.9 Å². The van der Waals surface area contributed by atoms with Crippen molar-refractivity contribution in [2.75, 3.05) is 0 Å². The summed E-state index contributed by atoms with van der Waals surface area (Å²) in [6, 6.07) is 6.17. The first-order chi connectivity index (χ1) is 11.6. The summed E-state index contributed by atoms with van der Waals surface area (Å²) in [6.45, 7) is 7.39. The molecule has 0 bridgehead atoms. The van der Waals surface area contributed by atoms with Crippen LogP contribution in [0.15, 0.2) is 18.2 Å². The van der Waals surface area contributed by atoms with Gasteiger partial charge in [0.15, 0.2) is 0 Å². The highest BCUT2D eigenvalue weighted by Gasteiger charge is 2.43. The monoisotopic (exact) mass is 343 g/mol. The Hall–Kier alpha value is -2.50. The number of fused-ring (bicyclic) bond motifs is 3. The fourth-order valence-electron chi connectivity index (χ4n) is 3.45. The summed E-state index contributed by atoms with van der Waals surface area (Å²) in [4.78, 5) is 27.9. The Morgan fingerprint density at radius 2 is 2.04 bits per heavy atom. The van der Waals surface area contributed by atoms with Crippen molar-refractivity contribution in [2.45, 2.75) is 58.1 Å². The van der Waals surface area contributed by atoms with Gasteiger partial charge in [0.2, 0.25) is 5.91 Å². The minimum Gasteiger partial charge on any atom is -0.444 e. The second-order valence-electron chi connectivity index (χ2n) is 7.88. The molecule has 0 aliphatic heterocycles. The quantitative estimate of drug-likeness (QED) is 0.782. The van der Waals surface area contributed by atoms with Crippen LogP contribution >= 0.6 is 0 Å². The number of rotatable bonds is 2. The zero-order valence-electron chi connectivity index (χ0n) is 15.2. The van der Waals surface area contributed by atoms with Crippen LogP contribution in [0.1, 0.15) is 44.0 Å². The smallest absolute Gasteiger partial charge is 0.408 e. The zero-order valence-corrected chi connectivity index (χ0v) is 15.2. The first kappa shape index (κ1) is 17.3. The molecule has 6 nitrogen and oxygen atoms in total. The van der Waals surface area contributed by atoms with Gasteiger partial charge in [0, 0.05) is 23.0 Å². The van der Waals surface area contributed by atoms with Gasteiger partial charge >= 0.3 is 6.09 Å². The van der Waals surface area contributed by atoms with E-state index in [1.54, 1.807) is 20.8 Å². The average molecular weight is 343 g/mol. The molecular weight excluding hydrogens is 318 g/mol. The van der Waals surface area contributed by atoms with E-state index in [0.29, 0.717) is 19.3 Å². The molecule has 1 aliphatic rings. The molecule has 0 unspecified atom stereocenters. The summed E-state index contributed by atoms with van der Waals surface area (Å²) >= 11 is 0. The highest BCUT2D eigenvalue weighted by atomic mass is 16.6. The predicted molar refractivity (Wildman–Crippen MR) is 96.4 cm³/mol. The van der Waals surface area contributed by atoms with Crippen LogP contribution in [-0.4, -0.2) is 28.1 Å². The fourth-order valence-corrected chi connectivity index (χ4v) is 3.45. The SMILES string of the molecule is Cc1ccc2c3c([nH]c2c1)CC[C@](NC(=O)OC(C)(C)C)(C(N)=O)C3. The van der Waals surface area contributed by atoms with Crippen molar-refractivity contribution in [3.05, 3.63) is 35.0 Å². The zero-order chi connectivity index (χ0) is 18.4. The number of hydrogen-bond donors (Lipinski definition) is 3. The highest BCUT2D eigenvalue weighted by molar-refractivity contribution is 5.92. The molecule has 0 fully saturated rings. The lowest BCUT2D eigenvalue weighted by Crippen LogP contribution is -2.61. The van der Waals surface area contributed by atoms with Crippen LogP contribution in [0, 0.1) is 6.92 Å². The molecular formula is C19H25N3O3. The average Bonchev–Trinajstić information content (AvgIpc) is 2.81. The molecule has 3 rings (SSSR count). The minimum atomic E-state index is -1.13. The van der Waals surface area contributed by atoms with Crippen molar-refractivity contribution in [2.24, 2.45) is 5.73 Å². The summed E-state index contributed by atoms with van der Waals surface area (Å²) in [5.41, 5.74) is 8.27. The lowest BCUT2D eigenvalue weighted by atomic mass is 9.79. The topological polar surface area (TPSA) is 97.2 Å². The van der Waals surface area contributed by atoms with Crippen molar-refractivity contribution in [1.82, 2.24) is 10.3 Å². The number of nitrogens with two attached hydrogens (primary N) is 1. The molecule has 1 aromatic heterocycles. The van der Waals surface area contributed by atoms with E-state index < -0.39 is 23.1 Å². The Morgan fingerprint density at radius 1 is 1.32 bits per heavy atom. The first-order valence-electron chi connectivity index (χ1n) is 8.51. The van der Waals surface area contributed by atoms with Gasteiger partial charge in [-0.3, -0.25) is 4.79 Å². The predicted octanol–water partition coefficient (Wildman–Crippen LogP) is 2.71. The third-order valence-corrected chi connectivity index (χ3v) is 4.64. The van der Waals surface area contributed by atoms with E-state index in [0.717, 1.165) is 22.2 Å². The summed E-state index contributed by atoms with van der Waals surface area (Å²) in [5, 5.41) is 3.81. The van der Waals surface area contributed by atoms with Gasteiger partial charge in [-0.1, -0.05) is 12.1 Å². The number of H-pyrrole nitrogens is 1. The molecule has 0 saturated heterocycles. The maximum atomic E-state index is 12.2. The van der Waals surface area contributed by atoms with Crippen LogP contribution in [0.3, 0.4) is 0 Å². The summed E-state index contributed by atoms with van der Waals surface area (Å²) in [7, 11) is 0. The number of aromatic nitrogens is 1. The van der Waals surface area contributed by atoms with E-state index in [9.17, 15) is 9.59 Å². The number of carbonyl (C=O) groups is 2. The van der Waals surface area contributed by atoms with Crippen molar-refractivity contribution in [1.29, 1.82) is 0 Å². The Kier molecular flexibility index (Phi) is 4.01. The van der Waals surface area contributed by atoms with E-state index in [4.69, 9.17) is 10.5 Å². The number of benzene rings is 1. The number of aromatic amines is 1. The molecule has 0 spiro atoms. The Bertz CT molecular complexity index is 847. The molecule has 0 radical (unpaired) electrons. The Labute approximate surface area is 147 Å².